The predicted molar refractivity (Wildman–Crippen MR) is 68.0 cm³/mol. The minimum atomic E-state index is -1.04. The van der Waals surface area contributed by atoms with Gasteiger partial charge >= 0.3 is 12.0 Å². The van der Waals surface area contributed by atoms with Crippen molar-refractivity contribution in [2.24, 2.45) is 0 Å². The Morgan fingerprint density at radius 1 is 1.47 bits per heavy atom. The monoisotopic (exact) mass is 300 g/mol. The van der Waals surface area contributed by atoms with Crippen LogP contribution >= 0.6 is 15.9 Å². The van der Waals surface area contributed by atoms with E-state index in [1.54, 1.807) is 18.2 Å². The Bertz CT molecular complexity index is 436. The number of amides is 2. The summed E-state index contributed by atoms with van der Waals surface area (Å²) in [6.07, 6.45) is 0. The summed E-state index contributed by atoms with van der Waals surface area (Å²) in [5, 5.41) is 11.4. The maximum Gasteiger partial charge on any atom is 0.326 e. The fourth-order valence-corrected chi connectivity index (χ4v) is 1.52. The van der Waals surface area contributed by atoms with Gasteiger partial charge in [-0.1, -0.05) is 22.0 Å². The van der Waals surface area contributed by atoms with Crippen molar-refractivity contribution in [1.29, 1.82) is 0 Å². The fourth-order valence-electron chi connectivity index (χ4n) is 1.12. The summed E-state index contributed by atoms with van der Waals surface area (Å²) in [5.74, 6) is -1.04. The lowest BCUT2D eigenvalue weighted by Crippen LogP contribution is -2.42. The van der Waals surface area contributed by atoms with Gasteiger partial charge in [0.15, 0.2) is 0 Å². The number of nitrogens with zero attached hydrogens (tertiary/aromatic N) is 1. The number of hydrogen-bond donors (Lipinski definition) is 2. The van der Waals surface area contributed by atoms with Gasteiger partial charge in [0.2, 0.25) is 0 Å². The van der Waals surface area contributed by atoms with E-state index in [2.05, 4.69) is 21.2 Å². The molecule has 1 aromatic carbocycles. The Morgan fingerprint density at radius 2 is 2.12 bits per heavy atom. The quantitative estimate of drug-likeness (QED) is 0.900. The van der Waals surface area contributed by atoms with Crippen LogP contribution in [0.2, 0.25) is 0 Å². The van der Waals surface area contributed by atoms with Crippen molar-refractivity contribution >= 4 is 33.6 Å². The third kappa shape index (κ3) is 3.74. The van der Waals surface area contributed by atoms with Crippen LogP contribution in [0.3, 0.4) is 0 Å². The Kier molecular flexibility index (Phi) is 4.51. The van der Waals surface area contributed by atoms with Crippen LogP contribution in [0.25, 0.3) is 0 Å². The number of aliphatic carboxylic acids is 1. The lowest BCUT2D eigenvalue weighted by molar-refractivity contribution is -0.141. The lowest BCUT2D eigenvalue weighted by atomic mass is 10.3. The molecule has 2 N–H and O–H groups in total. The first kappa shape index (κ1) is 13.5. The molecule has 0 bridgehead atoms. The number of nitrogens with one attached hydrogen (secondary N) is 1. The molecule has 0 heterocycles. The fraction of sp³-hybridized carbons (Fsp3) is 0.273. The molecule has 0 fully saturated rings. The zero-order valence-electron chi connectivity index (χ0n) is 9.48. The summed E-state index contributed by atoms with van der Waals surface area (Å²) in [4.78, 5) is 23.6. The van der Waals surface area contributed by atoms with E-state index in [0.29, 0.717) is 5.69 Å². The second kappa shape index (κ2) is 5.67. The largest absolute Gasteiger partial charge is 0.480 e. The zero-order chi connectivity index (χ0) is 13.0. The van der Waals surface area contributed by atoms with Gasteiger partial charge in [0.25, 0.3) is 0 Å². The third-order valence-electron chi connectivity index (χ3n) is 2.33. The first-order valence-electron chi connectivity index (χ1n) is 4.94. The summed E-state index contributed by atoms with van der Waals surface area (Å²) in [5.41, 5.74) is 0.605. The van der Waals surface area contributed by atoms with Gasteiger partial charge in [0.05, 0.1) is 0 Å². The molecular weight excluding hydrogens is 288 g/mol. The molecule has 17 heavy (non-hydrogen) atoms. The molecule has 1 unspecified atom stereocenters. The average Bonchev–Trinajstić information content (AvgIpc) is 2.26. The van der Waals surface area contributed by atoms with Crippen molar-refractivity contribution in [3.8, 4) is 0 Å². The Balaban J connectivity index is 2.69. The van der Waals surface area contributed by atoms with Crippen LogP contribution in [0.5, 0.6) is 0 Å². The predicted octanol–water partition coefficient (Wildman–Crippen LogP) is 2.39. The summed E-state index contributed by atoms with van der Waals surface area (Å²) >= 11 is 3.28. The van der Waals surface area contributed by atoms with Gasteiger partial charge in [-0.15, -0.1) is 0 Å². The van der Waals surface area contributed by atoms with E-state index in [4.69, 9.17) is 5.11 Å². The number of carboxylic acid groups (broad SMARTS) is 1. The Hall–Kier alpha value is -1.56. The molecular formula is C11H13BrN2O3. The molecule has 0 saturated carbocycles. The van der Waals surface area contributed by atoms with Crippen molar-refractivity contribution in [3.63, 3.8) is 0 Å². The molecule has 0 saturated heterocycles. The highest BCUT2D eigenvalue weighted by Crippen LogP contribution is 2.16. The zero-order valence-corrected chi connectivity index (χ0v) is 11.1. The van der Waals surface area contributed by atoms with Gasteiger partial charge in [0.1, 0.15) is 6.04 Å². The van der Waals surface area contributed by atoms with Crippen LogP contribution in [-0.2, 0) is 4.79 Å². The van der Waals surface area contributed by atoms with Crippen LogP contribution in [0.15, 0.2) is 28.7 Å². The second-order valence-corrected chi connectivity index (χ2v) is 4.48. The highest BCUT2D eigenvalue weighted by Gasteiger charge is 2.21. The molecule has 0 aliphatic rings. The average molecular weight is 301 g/mol. The molecule has 5 nitrogen and oxygen atoms in total. The number of rotatable bonds is 3. The molecule has 0 aromatic heterocycles. The van der Waals surface area contributed by atoms with Crippen LogP contribution in [0, 0.1) is 0 Å². The molecule has 0 radical (unpaired) electrons. The minimum absolute atomic E-state index is 0.460. The second-order valence-electron chi connectivity index (χ2n) is 3.57. The molecule has 92 valence electrons. The standard InChI is InChI=1S/C11H13BrN2O3/c1-7(10(15)16)14(2)11(17)13-9-5-3-4-8(12)6-9/h3-7H,1-2H3,(H,13,17)(H,15,16). The van der Waals surface area contributed by atoms with Gasteiger partial charge in [-0.25, -0.2) is 9.59 Å². The Morgan fingerprint density at radius 3 is 2.65 bits per heavy atom. The number of likely N-dealkylation sites (N-methyl/N-ethyl adjacent to an activating group) is 1. The van der Waals surface area contributed by atoms with Crippen molar-refractivity contribution in [2.75, 3.05) is 12.4 Å². The molecule has 1 atom stereocenters. The highest BCUT2D eigenvalue weighted by atomic mass is 79.9. The number of anilines is 1. The van der Waals surface area contributed by atoms with Crippen LogP contribution in [0.1, 0.15) is 6.92 Å². The van der Waals surface area contributed by atoms with Gasteiger partial charge in [-0.2, -0.15) is 0 Å². The van der Waals surface area contributed by atoms with Crippen molar-refractivity contribution in [2.45, 2.75) is 13.0 Å². The first-order chi connectivity index (χ1) is 7.91. The number of carbonyl (C=O) groups is 2. The number of halogens is 1. The van der Waals surface area contributed by atoms with E-state index < -0.39 is 18.0 Å². The smallest absolute Gasteiger partial charge is 0.326 e. The normalized spacial score (nSPS) is 11.7. The minimum Gasteiger partial charge on any atom is -0.480 e. The van der Waals surface area contributed by atoms with Crippen LogP contribution in [0.4, 0.5) is 10.5 Å². The summed E-state index contributed by atoms with van der Waals surface area (Å²) in [6, 6.07) is 5.73. The molecule has 1 rings (SSSR count). The van der Waals surface area contributed by atoms with Crippen molar-refractivity contribution < 1.29 is 14.7 Å². The van der Waals surface area contributed by atoms with E-state index in [0.717, 1.165) is 9.37 Å². The first-order valence-corrected chi connectivity index (χ1v) is 5.73. The number of carbonyl (C=O) groups excluding carboxylic acids is 1. The van der Waals surface area contributed by atoms with Crippen molar-refractivity contribution in [1.82, 2.24) is 4.90 Å². The molecule has 2 amide bonds. The van der Waals surface area contributed by atoms with E-state index in [9.17, 15) is 9.59 Å². The van der Waals surface area contributed by atoms with Gasteiger partial charge < -0.3 is 15.3 Å². The summed E-state index contributed by atoms with van der Waals surface area (Å²) < 4.78 is 0.837. The van der Waals surface area contributed by atoms with E-state index in [1.165, 1.54) is 14.0 Å². The number of benzene rings is 1. The Labute approximate surface area is 108 Å². The van der Waals surface area contributed by atoms with Gasteiger partial charge in [-0.05, 0) is 25.1 Å². The molecule has 6 heteroatoms. The number of hydrogen-bond acceptors (Lipinski definition) is 2. The van der Waals surface area contributed by atoms with E-state index in [-0.39, 0.29) is 0 Å². The topological polar surface area (TPSA) is 69.6 Å². The van der Waals surface area contributed by atoms with Crippen LogP contribution in [-0.4, -0.2) is 35.1 Å². The molecule has 1 aromatic rings. The SMILES string of the molecule is CC(C(=O)O)N(C)C(=O)Nc1cccc(Br)c1. The van der Waals surface area contributed by atoms with Crippen LogP contribution < -0.4 is 5.32 Å². The maximum absolute atomic E-state index is 11.7. The summed E-state index contributed by atoms with van der Waals surface area (Å²) in [7, 11) is 1.44. The summed E-state index contributed by atoms with van der Waals surface area (Å²) in [6.45, 7) is 1.45. The molecule has 0 aliphatic heterocycles. The van der Waals surface area contributed by atoms with E-state index >= 15 is 0 Å². The highest BCUT2D eigenvalue weighted by molar-refractivity contribution is 9.10. The lowest BCUT2D eigenvalue weighted by Gasteiger charge is -2.21. The number of urea groups is 1. The van der Waals surface area contributed by atoms with Gasteiger partial charge in [0, 0.05) is 17.2 Å². The maximum atomic E-state index is 11.7. The van der Waals surface area contributed by atoms with E-state index in [1.807, 2.05) is 6.07 Å². The van der Waals surface area contributed by atoms with Gasteiger partial charge in [-0.3, -0.25) is 0 Å². The third-order valence-corrected chi connectivity index (χ3v) is 2.83. The number of carboxylic acids is 1. The molecule has 0 spiro atoms. The van der Waals surface area contributed by atoms with Crippen molar-refractivity contribution in [3.05, 3.63) is 28.7 Å². The molecule has 0 aliphatic carbocycles.